The van der Waals surface area contributed by atoms with Crippen LogP contribution < -0.4 is 0 Å². The quantitative estimate of drug-likeness (QED) is 0.622. The van der Waals surface area contributed by atoms with Crippen molar-refractivity contribution in [2.75, 3.05) is 26.7 Å². The number of piperidine rings is 3. The Bertz CT molecular complexity index is 574. The molecule has 5 nitrogen and oxygen atoms in total. The topological polar surface area (TPSA) is 77.4 Å². The van der Waals surface area contributed by atoms with Crippen LogP contribution in [0.25, 0.3) is 0 Å². The number of benzene rings is 1. The summed E-state index contributed by atoms with van der Waals surface area (Å²) in [5.74, 6) is 0.639. The fraction of sp³-hybridized carbons (Fsp3) is 0.600. The lowest BCUT2D eigenvalue weighted by Gasteiger charge is -2.48. The first kappa shape index (κ1) is 16.4. The lowest BCUT2D eigenvalue weighted by Crippen LogP contribution is -2.61. The van der Waals surface area contributed by atoms with Gasteiger partial charge in [0.2, 0.25) is 0 Å². The van der Waals surface area contributed by atoms with Gasteiger partial charge >= 0.3 is 0 Å². The predicted molar refractivity (Wildman–Crippen MR) is 78.7 cm³/mol. The molecule has 2 bridgehead atoms. The van der Waals surface area contributed by atoms with Gasteiger partial charge in [-0.05, 0) is 19.1 Å². The van der Waals surface area contributed by atoms with Gasteiger partial charge in [0, 0.05) is 18.8 Å². The fourth-order valence-electron chi connectivity index (χ4n) is 3.08. The molecule has 6 heteroatoms. The normalized spacial score (nSPS) is 31.4. The second-order valence-corrected chi connectivity index (χ2v) is 7.80. The Morgan fingerprint density at radius 2 is 1.71 bits per heavy atom. The molecule has 4 rings (SSSR count). The SMILES string of the molecule is C[N+]12CCC(CC1)C(O)C2.Cc1ccc(S(=O)(=O)[O-])cc1. The average Bonchev–Trinajstić information content (AvgIpc) is 2.38. The van der Waals surface area contributed by atoms with Crippen LogP contribution in [-0.2, 0) is 10.1 Å². The molecule has 1 unspecified atom stereocenters. The molecule has 0 aliphatic carbocycles. The van der Waals surface area contributed by atoms with Crippen LogP contribution in [0.15, 0.2) is 29.2 Å². The summed E-state index contributed by atoms with van der Waals surface area (Å²) in [5, 5.41) is 9.55. The van der Waals surface area contributed by atoms with Crippen LogP contribution in [0.4, 0.5) is 0 Å². The number of quaternary nitrogens is 1. The standard InChI is InChI=1S/C8H16NO.C7H8O3S/c1-9-4-2-7(3-5-9)8(10)6-9;1-6-2-4-7(5-3-6)11(8,9)10/h7-8,10H,2-6H2,1H3;2-5H,1H3,(H,8,9,10)/q+1;/p-1. The van der Waals surface area contributed by atoms with Gasteiger partial charge in [-0.25, -0.2) is 8.42 Å². The van der Waals surface area contributed by atoms with E-state index in [4.69, 9.17) is 0 Å². The van der Waals surface area contributed by atoms with Crippen LogP contribution in [0.5, 0.6) is 0 Å². The van der Waals surface area contributed by atoms with E-state index in [1.54, 1.807) is 12.1 Å². The minimum atomic E-state index is -4.27. The Morgan fingerprint density at radius 3 is 2.05 bits per heavy atom. The number of aliphatic hydroxyl groups is 1. The van der Waals surface area contributed by atoms with E-state index >= 15 is 0 Å². The Balaban J connectivity index is 0.000000154. The molecule has 0 aromatic heterocycles. The highest BCUT2D eigenvalue weighted by Gasteiger charge is 2.42. The zero-order valence-electron chi connectivity index (χ0n) is 12.5. The number of aryl methyl sites for hydroxylation is 1. The zero-order chi connectivity index (χ0) is 15.7. The molecule has 1 aromatic rings. The van der Waals surface area contributed by atoms with Crippen molar-refractivity contribution in [1.29, 1.82) is 0 Å². The average molecular weight is 313 g/mol. The largest absolute Gasteiger partial charge is 0.744 e. The molecule has 1 aromatic carbocycles. The first-order chi connectivity index (χ1) is 9.70. The fourth-order valence-corrected chi connectivity index (χ4v) is 3.55. The minimum Gasteiger partial charge on any atom is -0.744 e. The van der Waals surface area contributed by atoms with E-state index in [0.717, 1.165) is 16.6 Å². The third-order valence-electron chi connectivity index (χ3n) is 4.56. The lowest BCUT2D eigenvalue weighted by molar-refractivity contribution is -0.928. The van der Waals surface area contributed by atoms with Gasteiger partial charge in [-0.1, -0.05) is 17.7 Å². The van der Waals surface area contributed by atoms with Crippen molar-refractivity contribution in [3.8, 4) is 0 Å². The van der Waals surface area contributed by atoms with E-state index in [9.17, 15) is 18.1 Å². The number of nitrogens with zero attached hydrogens (tertiary/aromatic N) is 1. The van der Waals surface area contributed by atoms with Crippen molar-refractivity contribution >= 4 is 10.1 Å². The summed E-state index contributed by atoms with van der Waals surface area (Å²) >= 11 is 0. The molecule has 0 amide bonds. The maximum atomic E-state index is 10.4. The molecule has 1 N–H and O–H groups in total. The molecule has 0 spiro atoms. The van der Waals surface area contributed by atoms with Gasteiger partial charge in [0.1, 0.15) is 22.8 Å². The van der Waals surface area contributed by atoms with Crippen molar-refractivity contribution < 1.29 is 22.6 Å². The molecule has 118 valence electrons. The molecule has 21 heavy (non-hydrogen) atoms. The van der Waals surface area contributed by atoms with Gasteiger partial charge < -0.3 is 14.1 Å². The smallest absolute Gasteiger partial charge is 0.124 e. The third-order valence-corrected chi connectivity index (χ3v) is 5.41. The lowest BCUT2D eigenvalue weighted by atomic mass is 9.84. The molecule has 0 radical (unpaired) electrons. The second-order valence-electron chi connectivity index (χ2n) is 6.42. The van der Waals surface area contributed by atoms with Gasteiger partial charge in [-0.15, -0.1) is 0 Å². The van der Waals surface area contributed by atoms with Gasteiger partial charge in [-0.2, -0.15) is 0 Å². The monoisotopic (exact) mass is 313 g/mol. The predicted octanol–water partition coefficient (Wildman–Crippen LogP) is 1.12. The molecule has 0 saturated carbocycles. The van der Waals surface area contributed by atoms with E-state index in [0.29, 0.717) is 5.92 Å². The number of likely N-dealkylation sites (N-methyl/N-ethyl adjacent to an activating group) is 1. The van der Waals surface area contributed by atoms with Crippen LogP contribution in [0.1, 0.15) is 18.4 Å². The van der Waals surface area contributed by atoms with Gasteiger partial charge in [0.15, 0.2) is 0 Å². The number of fused-ring (bicyclic) bond motifs is 3. The summed E-state index contributed by atoms with van der Waals surface area (Å²) in [4.78, 5) is -0.178. The molecule has 3 heterocycles. The first-order valence-corrected chi connectivity index (χ1v) is 8.65. The first-order valence-electron chi connectivity index (χ1n) is 7.24. The van der Waals surface area contributed by atoms with Crippen molar-refractivity contribution in [2.45, 2.75) is 30.8 Å². The van der Waals surface area contributed by atoms with Crippen molar-refractivity contribution in [3.05, 3.63) is 29.8 Å². The van der Waals surface area contributed by atoms with Crippen molar-refractivity contribution in [2.24, 2.45) is 5.92 Å². The molecule has 3 saturated heterocycles. The van der Waals surface area contributed by atoms with Gasteiger partial charge in [-0.3, -0.25) is 0 Å². The summed E-state index contributed by atoms with van der Waals surface area (Å²) < 4.78 is 32.3. The Kier molecular flexibility index (Phi) is 4.72. The summed E-state index contributed by atoms with van der Waals surface area (Å²) in [7, 11) is -2.01. The number of hydrogen-bond donors (Lipinski definition) is 1. The highest BCUT2D eigenvalue weighted by atomic mass is 32.2. The Hall–Kier alpha value is -0.950. The van der Waals surface area contributed by atoms with Gasteiger partial charge in [0.05, 0.1) is 25.0 Å². The third kappa shape index (κ3) is 4.26. The van der Waals surface area contributed by atoms with E-state index < -0.39 is 10.1 Å². The van der Waals surface area contributed by atoms with E-state index in [1.807, 2.05) is 6.92 Å². The number of hydrogen-bond acceptors (Lipinski definition) is 4. The van der Waals surface area contributed by atoms with Crippen LogP contribution in [0, 0.1) is 12.8 Å². The highest BCUT2D eigenvalue weighted by molar-refractivity contribution is 7.85. The van der Waals surface area contributed by atoms with Crippen LogP contribution in [0.2, 0.25) is 0 Å². The maximum Gasteiger partial charge on any atom is 0.124 e. The zero-order valence-corrected chi connectivity index (χ0v) is 13.3. The molecule has 3 aliphatic rings. The van der Waals surface area contributed by atoms with Crippen LogP contribution in [0.3, 0.4) is 0 Å². The summed E-state index contributed by atoms with van der Waals surface area (Å²) in [6, 6.07) is 5.78. The van der Waals surface area contributed by atoms with E-state index in [-0.39, 0.29) is 11.0 Å². The van der Waals surface area contributed by atoms with E-state index in [2.05, 4.69) is 7.05 Å². The second kappa shape index (κ2) is 6.04. The summed E-state index contributed by atoms with van der Waals surface area (Å²) in [6.45, 7) is 5.41. The van der Waals surface area contributed by atoms with E-state index in [1.165, 1.54) is 38.1 Å². The Labute approximate surface area is 126 Å². The minimum absolute atomic E-state index is 0.00694. The maximum absolute atomic E-state index is 10.4. The highest BCUT2D eigenvalue weighted by Crippen LogP contribution is 2.31. The van der Waals surface area contributed by atoms with Gasteiger partial charge in [0.25, 0.3) is 0 Å². The van der Waals surface area contributed by atoms with Crippen LogP contribution in [-0.4, -0.2) is 55.3 Å². The molecule has 1 atom stereocenters. The summed E-state index contributed by atoms with van der Waals surface area (Å²) in [6.07, 6.45) is 2.50. The van der Waals surface area contributed by atoms with Crippen LogP contribution >= 0.6 is 0 Å². The Morgan fingerprint density at radius 1 is 1.19 bits per heavy atom. The molecule has 3 fully saturated rings. The molecule has 3 aliphatic heterocycles. The number of rotatable bonds is 1. The summed E-state index contributed by atoms with van der Waals surface area (Å²) in [5.41, 5.74) is 0.928. The van der Waals surface area contributed by atoms with Crippen molar-refractivity contribution in [1.82, 2.24) is 0 Å². The number of aliphatic hydroxyl groups excluding tert-OH is 1. The van der Waals surface area contributed by atoms with Crippen molar-refractivity contribution in [3.63, 3.8) is 0 Å². The molecular weight excluding hydrogens is 290 g/mol. The molecular formula is C15H23NO4S.